The minimum Gasteiger partial charge on any atom is -0.394 e. The number of carbonyl (C=O) groups is 1. The first-order chi connectivity index (χ1) is 10.3. The molecule has 3 rings (SSSR count). The van der Waals surface area contributed by atoms with Gasteiger partial charge in [0.1, 0.15) is 0 Å². The maximum Gasteiger partial charge on any atom is 0.233 e. The van der Waals surface area contributed by atoms with Gasteiger partial charge in [-0.15, -0.1) is 11.8 Å². The van der Waals surface area contributed by atoms with Gasteiger partial charge in [0, 0.05) is 11.4 Å². The van der Waals surface area contributed by atoms with Crippen molar-refractivity contribution in [1.29, 1.82) is 0 Å². The van der Waals surface area contributed by atoms with Gasteiger partial charge in [-0.3, -0.25) is 4.79 Å². The van der Waals surface area contributed by atoms with Crippen molar-refractivity contribution in [2.24, 2.45) is 0 Å². The summed E-state index contributed by atoms with van der Waals surface area (Å²) in [5.74, 6) is 0.512. The molecule has 4 nitrogen and oxygen atoms in total. The lowest BCUT2D eigenvalue weighted by atomic mass is 10.1. The minimum absolute atomic E-state index is 0.0325. The van der Waals surface area contributed by atoms with E-state index in [-0.39, 0.29) is 18.6 Å². The van der Waals surface area contributed by atoms with Crippen LogP contribution in [0.15, 0.2) is 23.1 Å². The fraction of sp³-hybridized carbons (Fsp3) is 0.562. The second-order valence-corrected chi connectivity index (χ2v) is 6.62. The van der Waals surface area contributed by atoms with Gasteiger partial charge in [0.15, 0.2) is 0 Å². The summed E-state index contributed by atoms with van der Waals surface area (Å²) in [6, 6.07) is 6.35. The third-order valence-corrected chi connectivity index (χ3v) is 5.17. The number of aryl methyl sites for hydroxylation is 2. The molecule has 1 amide bonds. The Balaban J connectivity index is 1.58. The number of ether oxygens (including phenoxy) is 1. The Morgan fingerprint density at radius 1 is 1.38 bits per heavy atom. The molecule has 0 saturated carbocycles. The Kier molecular flexibility index (Phi) is 4.83. The Labute approximate surface area is 129 Å². The molecular formula is C16H21NO3S. The molecule has 21 heavy (non-hydrogen) atoms. The van der Waals surface area contributed by atoms with Crippen LogP contribution in [0.1, 0.15) is 17.5 Å². The van der Waals surface area contributed by atoms with Crippen LogP contribution < -0.4 is 0 Å². The van der Waals surface area contributed by atoms with Gasteiger partial charge < -0.3 is 14.7 Å². The van der Waals surface area contributed by atoms with Gasteiger partial charge in [0.05, 0.1) is 31.6 Å². The van der Waals surface area contributed by atoms with Crippen molar-refractivity contribution in [3.63, 3.8) is 0 Å². The molecule has 5 heteroatoms. The van der Waals surface area contributed by atoms with Gasteiger partial charge in [-0.1, -0.05) is 6.07 Å². The number of carbonyl (C=O) groups excluding carboxylic acids is 1. The molecule has 1 unspecified atom stereocenters. The summed E-state index contributed by atoms with van der Waals surface area (Å²) in [5, 5.41) is 9.32. The van der Waals surface area contributed by atoms with Gasteiger partial charge in [-0.25, -0.2) is 0 Å². The van der Waals surface area contributed by atoms with Gasteiger partial charge in [0.2, 0.25) is 5.91 Å². The molecule has 1 fully saturated rings. The Morgan fingerprint density at radius 3 is 3.10 bits per heavy atom. The van der Waals surface area contributed by atoms with Crippen LogP contribution in [0.25, 0.3) is 0 Å². The van der Waals surface area contributed by atoms with Crippen molar-refractivity contribution in [3.05, 3.63) is 29.3 Å². The molecule has 1 N–H and O–H groups in total. The van der Waals surface area contributed by atoms with E-state index in [1.54, 1.807) is 16.7 Å². The fourth-order valence-electron chi connectivity index (χ4n) is 3.00. The number of hydrogen-bond donors (Lipinski definition) is 1. The molecule has 0 aromatic heterocycles. The predicted octanol–water partition coefficient (Wildman–Crippen LogP) is 1.49. The average Bonchev–Trinajstić information content (AvgIpc) is 3.00. The topological polar surface area (TPSA) is 49.8 Å². The number of benzene rings is 1. The number of aliphatic hydroxyl groups excluding tert-OH is 1. The van der Waals surface area contributed by atoms with Gasteiger partial charge in [-0.05, 0) is 42.5 Å². The maximum absolute atomic E-state index is 12.3. The van der Waals surface area contributed by atoms with E-state index >= 15 is 0 Å². The van der Waals surface area contributed by atoms with Crippen LogP contribution in [-0.2, 0) is 22.4 Å². The summed E-state index contributed by atoms with van der Waals surface area (Å²) in [4.78, 5) is 15.2. The highest BCUT2D eigenvalue weighted by Gasteiger charge is 2.26. The van der Waals surface area contributed by atoms with Crippen molar-refractivity contribution in [1.82, 2.24) is 4.90 Å². The lowest BCUT2D eigenvalue weighted by molar-refractivity contribution is -0.138. The van der Waals surface area contributed by atoms with Crippen LogP contribution in [0.3, 0.4) is 0 Å². The summed E-state index contributed by atoms with van der Waals surface area (Å²) < 4.78 is 5.31. The van der Waals surface area contributed by atoms with E-state index in [1.165, 1.54) is 24.0 Å². The van der Waals surface area contributed by atoms with Crippen molar-refractivity contribution >= 4 is 17.7 Å². The second kappa shape index (κ2) is 6.81. The highest BCUT2D eigenvalue weighted by Crippen LogP contribution is 2.27. The number of fused-ring (bicyclic) bond motifs is 1. The fourth-order valence-corrected chi connectivity index (χ4v) is 3.85. The van der Waals surface area contributed by atoms with E-state index in [0.717, 1.165) is 11.3 Å². The highest BCUT2D eigenvalue weighted by molar-refractivity contribution is 8.00. The van der Waals surface area contributed by atoms with E-state index in [4.69, 9.17) is 4.74 Å². The molecule has 1 aromatic carbocycles. The number of hydrogen-bond acceptors (Lipinski definition) is 4. The molecule has 2 aliphatic rings. The zero-order valence-corrected chi connectivity index (χ0v) is 12.9. The summed E-state index contributed by atoms with van der Waals surface area (Å²) in [6.07, 6.45) is 3.59. The highest BCUT2D eigenvalue weighted by atomic mass is 32.2. The second-order valence-electron chi connectivity index (χ2n) is 5.57. The van der Waals surface area contributed by atoms with Crippen molar-refractivity contribution in [2.45, 2.75) is 30.2 Å². The number of rotatable bonds is 4. The largest absolute Gasteiger partial charge is 0.394 e. The Hall–Kier alpha value is -1.04. The molecule has 1 aliphatic carbocycles. The van der Waals surface area contributed by atoms with Gasteiger partial charge >= 0.3 is 0 Å². The number of thioether (sulfide) groups is 1. The normalized spacial score (nSPS) is 21.4. The van der Waals surface area contributed by atoms with Crippen LogP contribution in [0.2, 0.25) is 0 Å². The van der Waals surface area contributed by atoms with Gasteiger partial charge in [0.25, 0.3) is 0 Å². The van der Waals surface area contributed by atoms with Crippen molar-refractivity contribution in [2.75, 3.05) is 32.1 Å². The molecule has 1 atom stereocenters. The molecule has 1 aliphatic heterocycles. The molecule has 114 valence electrons. The SMILES string of the molecule is O=C(CSc1ccc2c(c1)CCC2)N1CCOCC1CO. The number of aliphatic hydroxyl groups is 1. The smallest absolute Gasteiger partial charge is 0.233 e. The van der Waals surface area contributed by atoms with E-state index in [9.17, 15) is 9.90 Å². The lowest BCUT2D eigenvalue weighted by Crippen LogP contribution is -2.51. The first kappa shape index (κ1) is 14.9. The van der Waals surface area contributed by atoms with E-state index < -0.39 is 0 Å². The minimum atomic E-state index is -0.188. The molecule has 0 radical (unpaired) electrons. The van der Waals surface area contributed by atoms with Crippen LogP contribution in [0.5, 0.6) is 0 Å². The van der Waals surface area contributed by atoms with Crippen LogP contribution in [-0.4, -0.2) is 54.1 Å². The molecule has 1 saturated heterocycles. The number of morpholine rings is 1. The van der Waals surface area contributed by atoms with Crippen molar-refractivity contribution in [3.8, 4) is 0 Å². The Morgan fingerprint density at radius 2 is 2.24 bits per heavy atom. The standard InChI is InChI=1S/C16H21NO3S/c18-9-14-10-20-7-6-17(14)16(19)11-21-15-5-4-12-2-1-3-13(12)8-15/h4-5,8,14,18H,1-3,6-7,9-11H2. The molecule has 1 aromatic rings. The van der Waals surface area contributed by atoms with E-state index in [2.05, 4.69) is 18.2 Å². The lowest BCUT2D eigenvalue weighted by Gasteiger charge is -2.34. The van der Waals surface area contributed by atoms with Gasteiger partial charge in [-0.2, -0.15) is 0 Å². The van der Waals surface area contributed by atoms with E-state index in [0.29, 0.717) is 25.5 Å². The molecular weight excluding hydrogens is 286 g/mol. The average molecular weight is 307 g/mol. The predicted molar refractivity (Wildman–Crippen MR) is 82.6 cm³/mol. The quantitative estimate of drug-likeness (QED) is 0.856. The van der Waals surface area contributed by atoms with Crippen LogP contribution in [0.4, 0.5) is 0 Å². The van der Waals surface area contributed by atoms with Crippen LogP contribution >= 0.6 is 11.8 Å². The first-order valence-electron chi connectivity index (χ1n) is 7.50. The summed E-state index contributed by atoms with van der Waals surface area (Å²) in [7, 11) is 0. The summed E-state index contributed by atoms with van der Waals surface area (Å²) in [5.41, 5.74) is 2.89. The Bertz CT molecular complexity index is 520. The maximum atomic E-state index is 12.3. The third kappa shape index (κ3) is 3.42. The van der Waals surface area contributed by atoms with Crippen LogP contribution in [0, 0.1) is 0 Å². The number of amides is 1. The number of nitrogens with zero attached hydrogens (tertiary/aromatic N) is 1. The molecule has 0 bridgehead atoms. The molecule has 1 heterocycles. The zero-order valence-electron chi connectivity index (χ0n) is 12.1. The third-order valence-electron chi connectivity index (χ3n) is 4.19. The molecule has 0 spiro atoms. The zero-order chi connectivity index (χ0) is 14.7. The van der Waals surface area contributed by atoms with E-state index in [1.807, 2.05) is 0 Å². The van der Waals surface area contributed by atoms with Crippen molar-refractivity contribution < 1.29 is 14.6 Å². The summed E-state index contributed by atoms with van der Waals surface area (Å²) in [6.45, 7) is 1.54. The summed E-state index contributed by atoms with van der Waals surface area (Å²) >= 11 is 1.59. The first-order valence-corrected chi connectivity index (χ1v) is 8.49. The monoisotopic (exact) mass is 307 g/mol.